The molecule has 0 aliphatic carbocycles. The van der Waals surface area contributed by atoms with E-state index in [0.717, 1.165) is 0 Å². The SMILES string of the molecule is C#CCP1(C(C)C)=NP(Cl)(Cl)=NP(Cl)(Cl)=N1. The largest absolute Gasteiger partial charge is 0.255 e. The van der Waals surface area contributed by atoms with E-state index in [1.165, 1.54) is 0 Å². The van der Waals surface area contributed by atoms with Crippen molar-refractivity contribution < 1.29 is 0 Å². The first kappa shape index (κ1) is 15.5. The van der Waals surface area contributed by atoms with E-state index in [-0.39, 0.29) is 5.66 Å². The van der Waals surface area contributed by atoms with E-state index in [4.69, 9.17) is 51.4 Å². The van der Waals surface area contributed by atoms with Gasteiger partial charge < -0.3 is 0 Å². The summed E-state index contributed by atoms with van der Waals surface area (Å²) in [7, 11) is -2.21. The van der Waals surface area contributed by atoms with Gasteiger partial charge >= 0.3 is 0 Å². The summed E-state index contributed by atoms with van der Waals surface area (Å²) in [6, 6.07) is 0. The highest BCUT2D eigenvalue weighted by Crippen LogP contribution is 2.85. The van der Waals surface area contributed by atoms with Gasteiger partial charge in [-0.2, -0.15) is 4.52 Å². The summed E-state index contributed by atoms with van der Waals surface area (Å²) >= 11 is 24.1. The molecule has 0 aromatic heterocycles. The third-order valence-electron chi connectivity index (χ3n) is 1.89. The summed E-state index contributed by atoms with van der Waals surface area (Å²) in [4.78, 5) is 0. The zero-order valence-electron chi connectivity index (χ0n) is 8.56. The van der Waals surface area contributed by atoms with Crippen molar-refractivity contribution in [3.63, 3.8) is 0 Å². The molecular weight excluding hydrogens is 349 g/mol. The Labute approximate surface area is 115 Å². The van der Waals surface area contributed by atoms with Gasteiger partial charge in [0.1, 0.15) is 0 Å². The molecule has 0 N–H and O–H groups in total. The van der Waals surface area contributed by atoms with Crippen LogP contribution < -0.4 is 0 Å². The van der Waals surface area contributed by atoms with Crippen molar-refractivity contribution in [3.05, 3.63) is 0 Å². The molecular formula is C6H10Cl4N3P3. The molecule has 92 valence electrons. The molecule has 10 heteroatoms. The lowest BCUT2D eigenvalue weighted by Crippen LogP contribution is -1.99. The van der Waals surface area contributed by atoms with Crippen LogP contribution in [0, 0.1) is 12.3 Å². The second-order valence-corrected chi connectivity index (χ2v) is 17.0. The van der Waals surface area contributed by atoms with Crippen molar-refractivity contribution in [2.45, 2.75) is 19.5 Å². The van der Waals surface area contributed by atoms with E-state index in [0.29, 0.717) is 6.16 Å². The summed E-state index contributed by atoms with van der Waals surface area (Å²) in [6.45, 7) is 3.93. The van der Waals surface area contributed by atoms with Gasteiger partial charge in [0.2, 0.25) is 0 Å². The third-order valence-corrected chi connectivity index (χ3v) is 15.0. The molecule has 0 saturated heterocycles. The molecule has 3 nitrogen and oxygen atoms in total. The van der Waals surface area contributed by atoms with Crippen LogP contribution >= 0.6 is 64.0 Å². The van der Waals surface area contributed by atoms with Crippen molar-refractivity contribution >= 4 is 64.0 Å². The zero-order chi connectivity index (χ0) is 12.6. The maximum absolute atomic E-state index is 6.02. The van der Waals surface area contributed by atoms with Gasteiger partial charge in [-0.25, -0.2) is 9.03 Å². The minimum atomic E-state index is -2.82. The van der Waals surface area contributed by atoms with Gasteiger partial charge in [0, 0.05) is 5.66 Å². The van der Waals surface area contributed by atoms with Crippen LogP contribution in [-0.2, 0) is 0 Å². The Balaban J connectivity index is 3.57. The Bertz CT molecular complexity index is 484. The van der Waals surface area contributed by atoms with Crippen molar-refractivity contribution in [1.82, 2.24) is 0 Å². The Kier molecular flexibility index (Phi) is 5.01. The minimum Gasteiger partial charge on any atom is -0.212 e. The molecule has 1 rings (SSSR count). The van der Waals surface area contributed by atoms with E-state index in [2.05, 4.69) is 19.5 Å². The van der Waals surface area contributed by atoms with Crippen LogP contribution in [-0.4, -0.2) is 11.8 Å². The van der Waals surface area contributed by atoms with Crippen LogP contribution in [0.4, 0.5) is 0 Å². The zero-order valence-corrected chi connectivity index (χ0v) is 14.3. The van der Waals surface area contributed by atoms with Gasteiger partial charge in [-0.3, -0.25) is 0 Å². The fraction of sp³-hybridized carbons (Fsp3) is 0.667. The predicted molar refractivity (Wildman–Crippen MR) is 80.3 cm³/mol. The number of rotatable bonds is 2. The van der Waals surface area contributed by atoms with Crippen molar-refractivity contribution in [2.24, 2.45) is 13.5 Å². The maximum Gasteiger partial charge on any atom is 0.255 e. The first-order valence-electron chi connectivity index (χ1n) is 4.25. The highest BCUT2D eigenvalue weighted by Gasteiger charge is 2.34. The van der Waals surface area contributed by atoms with Gasteiger partial charge in [-0.1, -0.05) is 19.8 Å². The molecule has 1 atom stereocenters. The Hall–Kier alpha value is 1.41. The predicted octanol–water partition coefficient (Wildman–Crippen LogP) is 7.01. The van der Waals surface area contributed by atoms with Crippen LogP contribution in [0.1, 0.15) is 13.8 Å². The lowest BCUT2D eigenvalue weighted by molar-refractivity contribution is 1.07. The number of hydrogen-bond acceptors (Lipinski definition) is 3. The molecule has 1 unspecified atom stereocenters. The van der Waals surface area contributed by atoms with Crippen LogP contribution in [0.25, 0.3) is 0 Å². The van der Waals surface area contributed by atoms with Crippen molar-refractivity contribution in [2.75, 3.05) is 6.16 Å². The molecule has 1 aliphatic heterocycles. The molecule has 16 heavy (non-hydrogen) atoms. The summed E-state index contributed by atoms with van der Waals surface area (Å²) in [5.74, 6) is -3.09. The minimum absolute atomic E-state index is 0.118. The number of nitrogens with zero attached hydrogens (tertiary/aromatic N) is 3. The summed E-state index contributed by atoms with van der Waals surface area (Å²) in [5, 5.41) is 0. The molecule has 1 heterocycles. The smallest absolute Gasteiger partial charge is 0.212 e. The highest BCUT2D eigenvalue weighted by molar-refractivity contribution is 8.21. The monoisotopic (exact) mass is 357 g/mol. The first-order valence-corrected chi connectivity index (χ1v) is 13.2. The number of hydrogen-bond donors (Lipinski definition) is 0. The Morgan fingerprint density at radius 1 is 1.06 bits per heavy atom. The normalized spacial score (nSPS) is 30.9. The molecule has 0 radical (unpaired) electrons. The molecule has 0 amide bonds. The van der Waals surface area contributed by atoms with E-state index in [1.54, 1.807) is 0 Å². The van der Waals surface area contributed by atoms with E-state index < -0.39 is 19.0 Å². The average molecular weight is 359 g/mol. The van der Waals surface area contributed by atoms with E-state index in [9.17, 15) is 0 Å². The van der Waals surface area contributed by atoms with Crippen molar-refractivity contribution in [1.29, 1.82) is 0 Å². The third kappa shape index (κ3) is 3.70. The standard InChI is InChI=1S/C6H10Cl4N3P3/c1-4-5-14(6(2)3)11-15(7,8)13-16(9,10)12-14/h1,6H,5H2,2-3H3. The van der Waals surface area contributed by atoms with Crippen LogP contribution in [0.15, 0.2) is 13.5 Å². The molecule has 0 aromatic carbocycles. The van der Waals surface area contributed by atoms with Crippen LogP contribution in [0.2, 0.25) is 0 Å². The topological polar surface area (TPSA) is 37.1 Å². The van der Waals surface area contributed by atoms with Crippen molar-refractivity contribution in [3.8, 4) is 12.3 Å². The molecule has 0 bridgehead atoms. The van der Waals surface area contributed by atoms with E-state index >= 15 is 0 Å². The van der Waals surface area contributed by atoms with Gasteiger partial charge in [0.05, 0.1) is 13.4 Å². The van der Waals surface area contributed by atoms with Gasteiger partial charge in [0.25, 0.3) is 11.8 Å². The van der Waals surface area contributed by atoms with Crippen LogP contribution in [0.3, 0.4) is 0 Å². The average Bonchev–Trinajstić information content (AvgIpc) is 1.97. The molecule has 1 aliphatic rings. The summed E-state index contributed by atoms with van der Waals surface area (Å²) < 4.78 is 12.6. The van der Waals surface area contributed by atoms with Crippen LogP contribution in [0.5, 0.6) is 0 Å². The second-order valence-electron chi connectivity index (χ2n) is 3.42. The Morgan fingerprint density at radius 2 is 1.56 bits per heavy atom. The fourth-order valence-corrected chi connectivity index (χ4v) is 18.3. The number of terminal acetylenes is 1. The quantitative estimate of drug-likeness (QED) is 0.376. The molecule has 0 spiro atoms. The lowest BCUT2D eigenvalue weighted by atomic mass is 10.6. The highest BCUT2D eigenvalue weighted by atomic mass is 35.9. The number of halogens is 4. The summed E-state index contributed by atoms with van der Waals surface area (Å²) in [6.07, 6.45) is 5.72. The maximum atomic E-state index is 6.02. The lowest BCUT2D eigenvalue weighted by Gasteiger charge is -2.28. The molecule has 0 aromatic rings. The van der Waals surface area contributed by atoms with Gasteiger partial charge in [0.15, 0.2) is 0 Å². The van der Waals surface area contributed by atoms with Gasteiger partial charge in [-0.05, 0) is 45.0 Å². The fourth-order valence-electron chi connectivity index (χ4n) is 1.14. The van der Waals surface area contributed by atoms with Gasteiger partial charge in [-0.15, -0.1) is 6.42 Å². The second kappa shape index (κ2) is 5.19. The molecule has 0 fully saturated rings. The summed E-state index contributed by atoms with van der Waals surface area (Å²) in [5.41, 5.74) is 0.118. The Morgan fingerprint density at radius 3 is 1.94 bits per heavy atom. The molecule has 0 saturated carbocycles. The first-order chi connectivity index (χ1) is 7.13. The van der Waals surface area contributed by atoms with E-state index in [1.807, 2.05) is 13.8 Å².